The summed E-state index contributed by atoms with van der Waals surface area (Å²) in [4.78, 5) is 4.19. The lowest BCUT2D eigenvalue weighted by Crippen LogP contribution is -2.13. The Labute approximate surface area is 113 Å². The van der Waals surface area contributed by atoms with Gasteiger partial charge in [-0.3, -0.25) is 0 Å². The maximum atomic E-state index is 9.23. The van der Waals surface area contributed by atoms with Gasteiger partial charge in [0.25, 0.3) is 0 Å². The van der Waals surface area contributed by atoms with Crippen LogP contribution in [0.1, 0.15) is 17.5 Å². The Morgan fingerprint density at radius 1 is 1.30 bits per heavy atom. The van der Waals surface area contributed by atoms with Crippen LogP contribution in [-0.2, 0) is 6.42 Å². The molecule has 0 aliphatic heterocycles. The van der Waals surface area contributed by atoms with Crippen LogP contribution in [0.15, 0.2) is 35.0 Å². The normalized spacial score (nSPS) is 12.4. The zero-order valence-corrected chi connectivity index (χ0v) is 10.4. The maximum Gasteiger partial charge on any atom is 0.244 e. The summed E-state index contributed by atoms with van der Waals surface area (Å²) in [5.41, 5.74) is 7.50. The molecule has 2 aromatic heterocycles. The van der Waals surface area contributed by atoms with Crippen LogP contribution in [0.25, 0.3) is 11.5 Å². The Balaban J connectivity index is 1.74. The van der Waals surface area contributed by atoms with E-state index in [1.165, 1.54) is 6.20 Å². The van der Waals surface area contributed by atoms with Crippen LogP contribution in [0, 0.1) is 0 Å². The monoisotopic (exact) mass is 272 g/mol. The number of hydrogen-bond donors (Lipinski definition) is 3. The lowest BCUT2D eigenvalue weighted by molar-refractivity contribution is 0.354. The standard InChI is InChI=1S/C12H12N6O2/c13-9(5-7-1-3-8(19)4-2-7)12-15-11(17-20-12)10-6-14-18-16-10/h1-4,6,9,19H,5,13H2,(H,14,16,18)/t9-/m1/s1. The molecule has 4 N–H and O–H groups in total. The topological polar surface area (TPSA) is 127 Å². The van der Waals surface area contributed by atoms with Gasteiger partial charge in [-0.05, 0) is 24.1 Å². The van der Waals surface area contributed by atoms with E-state index in [-0.39, 0.29) is 5.75 Å². The van der Waals surface area contributed by atoms with Gasteiger partial charge in [-0.1, -0.05) is 17.3 Å². The number of hydrogen-bond acceptors (Lipinski definition) is 7. The molecule has 8 nitrogen and oxygen atoms in total. The Morgan fingerprint density at radius 3 is 2.80 bits per heavy atom. The van der Waals surface area contributed by atoms with Crippen molar-refractivity contribution < 1.29 is 9.63 Å². The van der Waals surface area contributed by atoms with Gasteiger partial charge in [0.05, 0.1) is 12.2 Å². The molecule has 2 heterocycles. The van der Waals surface area contributed by atoms with E-state index in [2.05, 4.69) is 25.6 Å². The molecule has 0 unspecified atom stereocenters. The molecule has 1 aromatic carbocycles. The number of H-pyrrole nitrogens is 1. The minimum absolute atomic E-state index is 0.216. The van der Waals surface area contributed by atoms with E-state index in [4.69, 9.17) is 10.3 Å². The predicted molar refractivity (Wildman–Crippen MR) is 68.4 cm³/mol. The molecule has 102 valence electrons. The van der Waals surface area contributed by atoms with Crippen LogP contribution in [0.5, 0.6) is 5.75 Å². The molecule has 20 heavy (non-hydrogen) atoms. The van der Waals surface area contributed by atoms with Gasteiger partial charge < -0.3 is 15.4 Å². The first-order chi connectivity index (χ1) is 9.72. The third-order valence-corrected chi connectivity index (χ3v) is 2.80. The van der Waals surface area contributed by atoms with E-state index in [0.717, 1.165) is 5.56 Å². The van der Waals surface area contributed by atoms with E-state index >= 15 is 0 Å². The van der Waals surface area contributed by atoms with E-state index in [1.807, 2.05) is 0 Å². The minimum atomic E-state index is -0.423. The number of nitrogens with zero attached hydrogens (tertiary/aromatic N) is 4. The van der Waals surface area contributed by atoms with Crippen molar-refractivity contribution >= 4 is 0 Å². The van der Waals surface area contributed by atoms with E-state index in [1.54, 1.807) is 24.3 Å². The summed E-state index contributed by atoms with van der Waals surface area (Å²) in [6.45, 7) is 0. The van der Waals surface area contributed by atoms with Gasteiger partial charge in [-0.25, -0.2) is 0 Å². The molecule has 0 spiro atoms. The highest BCUT2D eigenvalue weighted by atomic mass is 16.5. The number of benzene rings is 1. The highest BCUT2D eigenvalue weighted by Crippen LogP contribution is 2.19. The van der Waals surface area contributed by atoms with Gasteiger partial charge in [-0.15, -0.1) is 0 Å². The van der Waals surface area contributed by atoms with Crippen molar-refractivity contribution in [3.8, 4) is 17.3 Å². The van der Waals surface area contributed by atoms with E-state index in [0.29, 0.717) is 23.8 Å². The Bertz CT molecular complexity index is 676. The molecule has 0 fully saturated rings. The Kier molecular flexibility index (Phi) is 3.13. The fraction of sp³-hybridized carbons (Fsp3) is 0.167. The number of aromatic hydroxyl groups is 1. The molecule has 3 aromatic rings. The lowest BCUT2D eigenvalue weighted by atomic mass is 10.1. The first kappa shape index (κ1) is 12.3. The first-order valence-corrected chi connectivity index (χ1v) is 5.95. The molecule has 1 atom stereocenters. The number of nitrogens with one attached hydrogen (secondary N) is 1. The molecule has 0 saturated heterocycles. The highest BCUT2D eigenvalue weighted by molar-refractivity contribution is 5.44. The van der Waals surface area contributed by atoms with Gasteiger partial charge in [0.1, 0.15) is 5.75 Å². The first-order valence-electron chi connectivity index (χ1n) is 5.95. The smallest absolute Gasteiger partial charge is 0.244 e. The molecule has 0 radical (unpaired) electrons. The molecule has 0 aliphatic carbocycles. The molecule has 8 heteroatoms. The second-order valence-electron chi connectivity index (χ2n) is 4.29. The molecule has 0 amide bonds. The van der Waals surface area contributed by atoms with Crippen LogP contribution in [0.2, 0.25) is 0 Å². The molecular weight excluding hydrogens is 260 g/mol. The van der Waals surface area contributed by atoms with Crippen molar-refractivity contribution in [2.75, 3.05) is 0 Å². The zero-order chi connectivity index (χ0) is 13.9. The number of phenolic OH excluding ortho intramolecular Hbond substituents is 1. The summed E-state index contributed by atoms with van der Waals surface area (Å²) < 4.78 is 5.13. The number of rotatable bonds is 4. The third kappa shape index (κ3) is 2.50. The molecule has 0 saturated carbocycles. The summed E-state index contributed by atoms with van der Waals surface area (Å²) in [7, 11) is 0. The van der Waals surface area contributed by atoms with Crippen molar-refractivity contribution in [3.63, 3.8) is 0 Å². The van der Waals surface area contributed by atoms with Crippen molar-refractivity contribution in [1.82, 2.24) is 25.6 Å². The Morgan fingerprint density at radius 2 is 2.10 bits per heavy atom. The van der Waals surface area contributed by atoms with Crippen molar-refractivity contribution in [2.24, 2.45) is 5.73 Å². The molecule has 0 aliphatic rings. The summed E-state index contributed by atoms with van der Waals surface area (Å²) in [6.07, 6.45) is 2.03. The summed E-state index contributed by atoms with van der Waals surface area (Å²) in [5, 5.41) is 23.1. The molecular formula is C12H12N6O2. The lowest BCUT2D eigenvalue weighted by Gasteiger charge is -2.06. The fourth-order valence-corrected chi connectivity index (χ4v) is 1.77. The van der Waals surface area contributed by atoms with E-state index in [9.17, 15) is 5.11 Å². The SMILES string of the molecule is N[C@H](Cc1ccc(O)cc1)c1nc(-c2cn[nH]n2)no1. The molecule has 0 bridgehead atoms. The minimum Gasteiger partial charge on any atom is -0.508 e. The average molecular weight is 272 g/mol. The van der Waals surface area contributed by atoms with Crippen LogP contribution in [0.4, 0.5) is 0 Å². The second kappa shape index (κ2) is 5.10. The predicted octanol–water partition coefficient (Wildman–Crippen LogP) is 0.803. The summed E-state index contributed by atoms with van der Waals surface area (Å²) >= 11 is 0. The highest BCUT2D eigenvalue weighted by Gasteiger charge is 2.17. The second-order valence-corrected chi connectivity index (χ2v) is 4.29. The van der Waals surface area contributed by atoms with Crippen molar-refractivity contribution in [1.29, 1.82) is 0 Å². The van der Waals surface area contributed by atoms with E-state index < -0.39 is 6.04 Å². The van der Waals surface area contributed by atoms with Gasteiger partial charge in [0.2, 0.25) is 11.7 Å². The summed E-state index contributed by atoms with van der Waals surface area (Å²) in [5.74, 6) is 0.888. The van der Waals surface area contributed by atoms with Crippen molar-refractivity contribution in [3.05, 3.63) is 41.9 Å². The van der Waals surface area contributed by atoms with Crippen molar-refractivity contribution in [2.45, 2.75) is 12.5 Å². The number of phenols is 1. The van der Waals surface area contributed by atoms with Gasteiger partial charge in [-0.2, -0.15) is 20.4 Å². The maximum absolute atomic E-state index is 9.23. The molecule has 3 rings (SSSR count). The van der Waals surface area contributed by atoms with Crippen LogP contribution >= 0.6 is 0 Å². The number of nitrogens with two attached hydrogens (primary N) is 1. The van der Waals surface area contributed by atoms with Crippen LogP contribution < -0.4 is 5.73 Å². The third-order valence-electron chi connectivity index (χ3n) is 2.80. The van der Waals surface area contributed by atoms with Gasteiger partial charge in [0.15, 0.2) is 5.69 Å². The quantitative estimate of drug-likeness (QED) is 0.641. The van der Waals surface area contributed by atoms with Gasteiger partial charge in [0, 0.05) is 0 Å². The summed E-state index contributed by atoms with van der Waals surface area (Å²) in [6, 6.07) is 6.38. The van der Waals surface area contributed by atoms with Crippen LogP contribution in [0.3, 0.4) is 0 Å². The Hall–Kier alpha value is -2.74. The zero-order valence-electron chi connectivity index (χ0n) is 10.4. The number of aromatic nitrogens is 5. The van der Waals surface area contributed by atoms with Gasteiger partial charge >= 0.3 is 0 Å². The van der Waals surface area contributed by atoms with Crippen LogP contribution in [-0.4, -0.2) is 30.7 Å². The average Bonchev–Trinajstić information content (AvgIpc) is 3.11. The largest absolute Gasteiger partial charge is 0.508 e. The number of aromatic amines is 1. The fourth-order valence-electron chi connectivity index (χ4n) is 1.77.